The number of likely N-dealkylation sites (tertiary alicyclic amines) is 1. The van der Waals surface area contributed by atoms with Crippen molar-refractivity contribution in [3.05, 3.63) is 136 Å². The molecule has 4 saturated heterocycles. The lowest BCUT2D eigenvalue weighted by molar-refractivity contribution is -0.143. The summed E-state index contributed by atoms with van der Waals surface area (Å²) in [6.45, 7) is 16.2. The van der Waals surface area contributed by atoms with Crippen molar-refractivity contribution >= 4 is 61.6 Å². The van der Waals surface area contributed by atoms with Crippen molar-refractivity contribution in [2.45, 2.75) is 90.6 Å². The van der Waals surface area contributed by atoms with E-state index in [1.54, 1.807) is 29.7 Å². The van der Waals surface area contributed by atoms with Crippen LogP contribution in [0.3, 0.4) is 0 Å². The third kappa shape index (κ3) is 12.4. The number of piperidine rings is 1. The van der Waals surface area contributed by atoms with Gasteiger partial charge < -0.3 is 39.5 Å². The van der Waals surface area contributed by atoms with Gasteiger partial charge in [0.1, 0.15) is 35.4 Å². The third-order valence-electron chi connectivity index (χ3n) is 17.2. The van der Waals surface area contributed by atoms with Gasteiger partial charge in [0.2, 0.25) is 17.6 Å². The molecule has 18 nitrogen and oxygen atoms in total. The van der Waals surface area contributed by atoms with Crippen molar-refractivity contribution in [2.75, 3.05) is 81.6 Å². The quantitative estimate of drug-likeness (QED) is 0.0593. The predicted octanol–water partition coefficient (Wildman–Crippen LogP) is 8.65. The second-order valence-corrected chi connectivity index (χ2v) is 26.2. The molecule has 84 heavy (non-hydrogen) atoms. The van der Waals surface area contributed by atoms with E-state index < -0.39 is 75.1 Å². The summed E-state index contributed by atoms with van der Waals surface area (Å²) in [5.74, 6) is -3.95. The minimum absolute atomic E-state index is 0.00283. The maximum Gasteiger partial charge on any atom is 0.301 e. The highest BCUT2D eigenvalue weighted by Crippen LogP contribution is 2.41. The number of aliphatic hydroxyl groups is 1. The number of aromatic amines is 1. The van der Waals surface area contributed by atoms with E-state index in [1.807, 2.05) is 62.7 Å². The maximum atomic E-state index is 15.9. The lowest BCUT2D eigenvalue weighted by atomic mass is 9.75. The highest BCUT2D eigenvalue weighted by Gasteiger charge is 2.48. The molecule has 11 rings (SSSR count). The zero-order valence-electron chi connectivity index (χ0n) is 47.7. The first-order valence-electron chi connectivity index (χ1n) is 28.6. The molecule has 2 amide bonds. The van der Waals surface area contributed by atoms with E-state index in [0.717, 1.165) is 108 Å². The number of β-amino-alcohol motifs (C(OH)–C–C–N with tert-alkyl or cyclic N) is 1. The number of aliphatic hydroxyl groups excluding tert-OH is 1. The number of ketones is 1. The van der Waals surface area contributed by atoms with Gasteiger partial charge in [-0.25, -0.2) is 23.1 Å². The zero-order valence-corrected chi connectivity index (χ0v) is 49.3. The Morgan fingerprint density at radius 2 is 1.60 bits per heavy atom. The van der Waals surface area contributed by atoms with Gasteiger partial charge in [0.05, 0.1) is 45.2 Å². The van der Waals surface area contributed by atoms with Crippen molar-refractivity contribution in [1.29, 1.82) is 0 Å². The molecule has 444 valence electrons. The Kier molecular flexibility index (Phi) is 16.9. The molecule has 7 aromatic rings. The fraction of sp³-hybridized carbons (Fsp3) is 0.443. The number of benzene rings is 3. The predicted molar refractivity (Wildman–Crippen MR) is 315 cm³/mol. The van der Waals surface area contributed by atoms with Crippen LogP contribution in [-0.4, -0.2) is 161 Å². The largest absolute Gasteiger partial charge is 0.391 e. The molecule has 0 saturated carbocycles. The van der Waals surface area contributed by atoms with Crippen LogP contribution in [0.15, 0.2) is 95.2 Å². The first kappa shape index (κ1) is 58.7. The Labute approximate surface area is 490 Å². The number of hydrogen-bond donors (Lipinski definition) is 4. The van der Waals surface area contributed by atoms with Gasteiger partial charge in [-0.2, -0.15) is 12.7 Å². The van der Waals surface area contributed by atoms with Gasteiger partial charge in [-0.15, -0.1) is 11.3 Å². The summed E-state index contributed by atoms with van der Waals surface area (Å²) in [6.07, 6.45) is 2.94. The number of halogens is 3. The molecule has 0 radical (unpaired) electrons. The van der Waals surface area contributed by atoms with E-state index >= 15 is 8.78 Å². The van der Waals surface area contributed by atoms with E-state index in [0.29, 0.717) is 40.5 Å². The number of hydrogen-bond acceptors (Lipinski definition) is 14. The topological polar surface area (TPSA) is 213 Å². The van der Waals surface area contributed by atoms with Crippen LogP contribution in [0.4, 0.5) is 24.5 Å². The number of nitrogens with one attached hydrogen (secondary N) is 3. The molecule has 4 fully saturated rings. The number of aryl methyl sites for hydroxylation is 2. The lowest BCUT2D eigenvalue weighted by Gasteiger charge is -2.43. The Balaban J connectivity index is 0.672. The highest BCUT2D eigenvalue weighted by molar-refractivity contribution is 7.90. The summed E-state index contributed by atoms with van der Waals surface area (Å²) in [4.78, 5) is 64.6. The zero-order chi connectivity index (χ0) is 59.2. The SMILES string of the molecule is Cc1cc([C@@H](C(=O)N2C[C@H](O)C[C@H]2C(=O)N[C@@H](C)c2ccc(-c3scnc3C)cc2)C(C)(C)CN2CCN(CC3CCN(c4ccc(-c5cnc6[nH]cc(C(=O)c7c(F)ccc(NS(=O)(=O)N8CC[C@@H](F)C8)c7F)c6c5)cc4)CC3)CC2)on1. The number of aromatic nitrogens is 4. The molecule has 0 aliphatic carbocycles. The minimum atomic E-state index is -4.37. The fourth-order valence-corrected chi connectivity index (χ4v) is 14.6. The van der Waals surface area contributed by atoms with Crippen LogP contribution in [0, 0.1) is 36.8 Å². The van der Waals surface area contributed by atoms with Gasteiger partial charge in [-0.05, 0) is 98.4 Å². The Bertz CT molecular complexity index is 3650. The second kappa shape index (κ2) is 24.2. The van der Waals surface area contributed by atoms with E-state index in [-0.39, 0.29) is 49.4 Å². The van der Waals surface area contributed by atoms with Crippen LogP contribution < -0.4 is 14.9 Å². The molecule has 4 aliphatic heterocycles. The third-order valence-corrected chi connectivity index (χ3v) is 19.6. The Hall–Kier alpha value is -7.02. The van der Waals surface area contributed by atoms with Crippen LogP contribution in [0.1, 0.15) is 97.0 Å². The van der Waals surface area contributed by atoms with Crippen LogP contribution >= 0.6 is 11.3 Å². The smallest absolute Gasteiger partial charge is 0.301 e. The number of piperazine rings is 1. The number of H-pyrrole nitrogens is 1. The molecule has 0 unspecified atom stereocenters. The van der Waals surface area contributed by atoms with Crippen LogP contribution in [0.5, 0.6) is 0 Å². The van der Waals surface area contributed by atoms with E-state index in [4.69, 9.17) is 4.52 Å². The first-order chi connectivity index (χ1) is 40.2. The van der Waals surface area contributed by atoms with Crippen LogP contribution in [0.2, 0.25) is 0 Å². The summed E-state index contributed by atoms with van der Waals surface area (Å²) >= 11 is 1.58. The van der Waals surface area contributed by atoms with Gasteiger partial charge >= 0.3 is 10.2 Å². The average molecular weight is 1190 g/mol. The van der Waals surface area contributed by atoms with Gasteiger partial charge in [0, 0.05) is 119 Å². The number of pyridine rings is 1. The summed E-state index contributed by atoms with van der Waals surface area (Å²) < 4.78 is 79.4. The number of nitrogens with zero attached hydrogens (tertiary/aromatic N) is 8. The molecule has 5 atom stereocenters. The van der Waals surface area contributed by atoms with Crippen LogP contribution in [-0.2, 0) is 19.8 Å². The number of fused-ring (bicyclic) bond motifs is 1. The summed E-state index contributed by atoms with van der Waals surface area (Å²) in [5, 5.41) is 18.6. The molecular weight excluding hydrogens is 1120 g/mol. The van der Waals surface area contributed by atoms with Crippen molar-refractivity contribution in [3.63, 3.8) is 0 Å². The number of alkyl halides is 1. The molecule has 4 N–H and O–H groups in total. The molecule has 4 aliphatic rings. The number of thiazole rings is 1. The molecule has 23 heteroatoms. The molecular formula is C61H70F3N11O7S2. The van der Waals surface area contributed by atoms with E-state index in [9.17, 15) is 32.3 Å². The summed E-state index contributed by atoms with van der Waals surface area (Å²) in [7, 11) is -4.37. The standard InChI is InChI=1S/C61H70F3N11O7S2/c1-36-26-52(82-69-36)54(60(79)75-33-46(76)28-51(75)59(78)68-37(2)40-6-8-42(9-7-40)57-38(3)67-35-83-57)61(4,5)34-72-24-22-71(23-25-72)31-39-16-19-73(20-17-39)45-12-10-41(11-13-45)43-27-47-48(30-66-58(47)65-29-43)56(77)53-49(63)14-15-50(55(53)64)70-84(80,81)74-21-18-44(62)32-74/h6-15,26-27,29-30,35,37,39,44,46,51,54,70,76H,16-25,28,31-34H2,1-5H3,(H,65,66)(H,68,78)/t37-,44+,46+,51-,54-/m0/s1. The molecule has 0 bridgehead atoms. The maximum absolute atomic E-state index is 15.9. The van der Waals surface area contributed by atoms with E-state index in [1.165, 1.54) is 11.1 Å². The van der Waals surface area contributed by atoms with Crippen molar-refractivity contribution in [3.8, 4) is 21.6 Å². The Morgan fingerprint density at radius 3 is 2.26 bits per heavy atom. The normalized spacial score (nSPS) is 20.4. The Morgan fingerprint density at radius 1 is 0.881 bits per heavy atom. The monoisotopic (exact) mass is 1190 g/mol. The van der Waals surface area contributed by atoms with Crippen molar-refractivity contribution < 1.29 is 45.6 Å². The van der Waals surface area contributed by atoms with Gasteiger partial charge in [0.25, 0.3) is 0 Å². The first-order valence-corrected chi connectivity index (χ1v) is 31.0. The molecule has 8 heterocycles. The summed E-state index contributed by atoms with van der Waals surface area (Å²) in [5.41, 5.74) is 6.04. The highest BCUT2D eigenvalue weighted by atomic mass is 32.2. The number of carbonyl (C=O) groups excluding carboxylic acids is 3. The number of anilines is 2. The van der Waals surface area contributed by atoms with Crippen molar-refractivity contribution in [1.82, 2.24) is 44.4 Å². The lowest BCUT2D eigenvalue weighted by Crippen LogP contribution is -2.54. The van der Waals surface area contributed by atoms with Gasteiger partial charge in [-0.3, -0.25) is 19.1 Å². The van der Waals surface area contributed by atoms with E-state index in [2.05, 4.69) is 70.8 Å². The molecule has 0 spiro atoms. The minimum Gasteiger partial charge on any atom is -0.391 e. The fourth-order valence-electron chi connectivity index (χ4n) is 12.6. The van der Waals surface area contributed by atoms with Gasteiger partial charge in [-0.1, -0.05) is 55.4 Å². The van der Waals surface area contributed by atoms with Crippen LogP contribution in [0.25, 0.3) is 32.6 Å². The summed E-state index contributed by atoms with van der Waals surface area (Å²) in [6, 6.07) is 20.1. The molecule has 4 aromatic heterocycles. The average Bonchev–Trinajstić information content (AvgIpc) is 2.52. The number of amides is 2. The second-order valence-electron chi connectivity index (χ2n) is 23.6. The van der Waals surface area contributed by atoms with Gasteiger partial charge in [0.15, 0.2) is 5.82 Å². The molecule has 3 aromatic carbocycles. The van der Waals surface area contributed by atoms with Crippen molar-refractivity contribution in [2.24, 2.45) is 11.3 Å². The number of carbonyl (C=O) groups is 3. The number of rotatable bonds is 18.